The predicted molar refractivity (Wildman–Crippen MR) is 76.2 cm³/mol. The molecule has 6 heteroatoms. The smallest absolute Gasteiger partial charge is 0.176 e. The van der Waals surface area contributed by atoms with Crippen LogP contribution in [0.2, 0.25) is 0 Å². The molecule has 0 fully saturated rings. The fourth-order valence-corrected chi connectivity index (χ4v) is 2.33. The highest BCUT2D eigenvalue weighted by molar-refractivity contribution is 5.19. The van der Waals surface area contributed by atoms with Gasteiger partial charge in [0.25, 0.3) is 0 Å². The number of hydrogen-bond acceptors (Lipinski definition) is 5. The van der Waals surface area contributed by atoms with Gasteiger partial charge in [-0.05, 0) is 17.3 Å². The fraction of sp³-hybridized carbons (Fsp3) is 0.500. The maximum atomic E-state index is 5.68. The van der Waals surface area contributed by atoms with Crippen molar-refractivity contribution in [1.82, 2.24) is 25.5 Å². The SMILES string of the molecule is CCNC(Cc1nnn(C)n1)C(OC)c1ccccc1. The van der Waals surface area contributed by atoms with Crippen LogP contribution in [0.1, 0.15) is 24.4 Å². The van der Waals surface area contributed by atoms with Gasteiger partial charge in [0.1, 0.15) is 0 Å². The van der Waals surface area contributed by atoms with E-state index in [1.54, 1.807) is 14.2 Å². The molecule has 0 bridgehead atoms. The van der Waals surface area contributed by atoms with E-state index in [4.69, 9.17) is 4.74 Å². The third kappa shape index (κ3) is 3.61. The second-order valence-corrected chi connectivity index (χ2v) is 4.63. The highest BCUT2D eigenvalue weighted by Crippen LogP contribution is 2.22. The van der Waals surface area contributed by atoms with Gasteiger partial charge in [0.05, 0.1) is 13.2 Å². The number of benzene rings is 1. The Labute approximate surface area is 119 Å². The summed E-state index contributed by atoms with van der Waals surface area (Å²) in [7, 11) is 3.50. The van der Waals surface area contributed by atoms with Crippen molar-refractivity contribution in [3.05, 3.63) is 41.7 Å². The van der Waals surface area contributed by atoms with Gasteiger partial charge in [-0.15, -0.1) is 10.2 Å². The fourth-order valence-electron chi connectivity index (χ4n) is 2.33. The number of nitrogens with one attached hydrogen (secondary N) is 1. The molecule has 0 saturated heterocycles. The number of rotatable bonds is 7. The zero-order valence-electron chi connectivity index (χ0n) is 12.2. The van der Waals surface area contributed by atoms with Crippen molar-refractivity contribution in [1.29, 1.82) is 0 Å². The van der Waals surface area contributed by atoms with Crippen LogP contribution in [0.5, 0.6) is 0 Å². The Morgan fingerprint density at radius 1 is 1.30 bits per heavy atom. The highest BCUT2D eigenvalue weighted by Gasteiger charge is 2.24. The number of aromatic nitrogens is 4. The Morgan fingerprint density at radius 3 is 2.60 bits per heavy atom. The van der Waals surface area contributed by atoms with Crippen molar-refractivity contribution in [3.8, 4) is 0 Å². The van der Waals surface area contributed by atoms with E-state index in [9.17, 15) is 0 Å². The maximum absolute atomic E-state index is 5.68. The minimum absolute atomic E-state index is 0.0417. The van der Waals surface area contributed by atoms with Crippen molar-refractivity contribution in [3.63, 3.8) is 0 Å². The van der Waals surface area contributed by atoms with Crippen LogP contribution in [0.3, 0.4) is 0 Å². The van der Waals surface area contributed by atoms with Gasteiger partial charge >= 0.3 is 0 Å². The molecule has 1 aromatic heterocycles. The summed E-state index contributed by atoms with van der Waals surface area (Å²) in [6.07, 6.45) is 0.634. The molecular formula is C14H21N5O. The predicted octanol–water partition coefficient (Wildman–Crippen LogP) is 1.12. The van der Waals surface area contributed by atoms with E-state index in [0.29, 0.717) is 6.42 Å². The molecule has 2 unspecified atom stereocenters. The number of aryl methyl sites for hydroxylation is 1. The average Bonchev–Trinajstić information content (AvgIpc) is 2.86. The summed E-state index contributed by atoms with van der Waals surface area (Å²) in [6.45, 7) is 2.94. The molecule has 0 aliphatic heterocycles. The Hall–Kier alpha value is -1.79. The van der Waals surface area contributed by atoms with Gasteiger partial charge in [-0.25, -0.2) is 0 Å². The molecule has 6 nitrogen and oxygen atoms in total. The third-order valence-electron chi connectivity index (χ3n) is 3.17. The molecule has 0 spiro atoms. The average molecular weight is 275 g/mol. The van der Waals surface area contributed by atoms with Crippen LogP contribution in [0.25, 0.3) is 0 Å². The van der Waals surface area contributed by atoms with Crippen molar-refractivity contribution >= 4 is 0 Å². The number of nitrogens with zero attached hydrogens (tertiary/aromatic N) is 4. The van der Waals surface area contributed by atoms with Crippen molar-refractivity contribution < 1.29 is 4.74 Å². The molecule has 2 atom stereocenters. The van der Waals surface area contributed by atoms with Gasteiger partial charge < -0.3 is 10.1 Å². The van der Waals surface area contributed by atoms with Crippen LogP contribution in [0.4, 0.5) is 0 Å². The van der Waals surface area contributed by atoms with Crippen LogP contribution in [0.15, 0.2) is 30.3 Å². The lowest BCUT2D eigenvalue weighted by molar-refractivity contribution is 0.0677. The Morgan fingerprint density at radius 2 is 2.05 bits per heavy atom. The Balaban J connectivity index is 2.17. The van der Waals surface area contributed by atoms with Gasteiger partial charge in [-0.2, -0.15) is 4.80 Å². The lowest BCUT2D eigenvalue weighted by atomic mass is 9.99. The molecule has 2 rings (SSSR count). The van der Waals surface area contributed by atoms with Crippen LogP contribution in [-0.2, 0) is 18.2 Å². The van der Waals surface area contributed by atoms with Gasteiger partial charge in [0, 0.05) is 19.6 Å². The number of ether oxygens (including phenoxy) is 1. The summed E-state index contributed by atoms with van der Waals surface area (Å²) in [6, 6.07) is 10.3. The monoisotopic (exact) mass is 275 g/mol. The topological polar surface area (TPSA) is 64.9 Å². The lowest BCUT2D eigenvalue weighted by Crippen LogP contribution is -2.38. The molecule has 0 radical (unpaired) electrons. The zero-order valence-corrected chi connectivity index (χ0v) is 12.2. The molecular weight excluding hydrogens is 254 g/mol. The molecule has 0 saturated carbocycles. The second-order valence-electron chi connectivity index (χ2n) is 4.63. The first-order chi connectivity index (χ1) is 9.74. The van der Waals surface area contributed by atoms with E-state index in [0.717, 1.165) is 17.9 Å². The second kappa shape index (κ2) is 7.12. The minimum Gasteiger partial charge on any atom is -0.375 e. The van der Waals surface area contributed by atoms with E-state index in [1.165, 1.54) is 4.80 Å². The maximum Gasteiger partial charge on any atom is 0.176 e. The van der Waals surface area contributed by atoms with E-state index in [-0.39, 0.29) is 12.1 Å². The summed E-state index contributed by atoms with van der Waals surface area (Å²) in [5.41, 5.74) is 1.14. The molecule has 0 amide bonds. The molecule has 1 N–H and O–H groups in total. The molecule has 0 aliphatic carbocycles. The van der Waals surface area contributed by atoms with Gasteiger partial charge in [-0.3, -0.25) is 0 Å². The number of hydrogen-bond donors (Lipinski definition) is 1. The van der Waals surface area contributed by atoms with Crippen LogP contribution < -0.4 is 5.32 Å². The van der Waals surface area contributed by atoms with Gasteiger partial charge in [0.15, 0.2) is 5.82 Å². The zero-order chi connectivity index (χ0) is 14.4. The van der Waals surface area contributed by atoms with E-state index >= 15 is 0 Å². The molecule has 0 aliphatic rings. The molecule has 1 heterocycles. The Kier molecular flexibility index (Phi) is 5.20. The quantitative estimate of drug-likeness (QED) is 0.820. The van der Waals surface area contributed by atoms with Crippen molar-refractivity contribution in [2.75, 3.05) is 13.7 Å². The normalized spacial score (nSPS) is 14.2. The van der Waals surface area contributed by atoms with E-state index < -0.39 is 0 Å². The summed E-state index contributed by atoms with van der Waals surface area (Å²) >= 11 is 0. The summed E-state index contributed by atoms with van der Waals surface area (Å²) < 4.78 is 5.68. The lowest BCUT2D eigenvalue weighted by Gasteiger charge is -2.26. The van der Waals surface area contributed by atoms with Crippen LogP contribution in [-0.4, -0.2) is 39.9 Å². The van der Waals surface area contributed by atoms with Gasteiger partial charge in [-0.1, -0.05) is 37.3 Å². The number of likely N-dealkylation sites (N-methyl/N-ethyl adjacent to an activating group) is 1. The third-order valence-corrected chi connectivity index (χ3v) is 3.17. The molecule has 20 heavy (non-hydrogen) atoms. The van der Waals surface area contributed by atoms with Gasteiger partial charge in [0.2, 0.25) is 0 Å². The molecule has 2 aromatic rings. The van der Waals surface area contributed by atoms with Crippen molar-refractivity contribution in [2.24, 2.45) is 7.05 Å². The van der Waals surface area contributed by atoms with Crippen LogP contribution >= 0.6 is 0 Å². The van der Waals surface area contributed by atoms with Crippen molar-refractivity contribution in [2.45, 2.75) is 25.5 Å². The summed E-state index contributed by atoms with van der Waals surface area (Å²) in [4.78, 5) is 1.47. The minimum atomic E-state index is -0.0417. The largest absolute Gasteiger partial charge is 0.375 e. The Bertz CT molecular complexity index is 513. The first kappa shape index (κ1) is 14.6. The summed E-state index contributed by atoms with van der Waals surface area (Å²) in [5, 5.41) is 15.6. The highest BCUT2D eigenvalue weighted by atomic mass is 16.5. The number of tetrazole rings is 1. The molecule has 108 valence electrons. The summed E-state index contributed by atoms with van der Waals surface area (Å²) in [5.74, 6) is 0.719. The first-order valence-corrected chi connectivity index (χ1v) is 6.78. The first-order valence-electron chi connectivity index (χ1n) is 6.78. The van der Waals surface area contributed by atoms with E-state index in [2.05, 4.69) is 39.8 Å². The standard InChI is InChI=1S/C14H21N5O/c1-4-15-12(10-13-16-18-19(2)17-13)14(20-3)11-8-6-5-7-9-11/h5-9,12,14-15H,4,10H2,1-3H3. The van der Waals surface area contributed by atoms with Crippen LogP contribution in [0, 0.1) is 0 Å². The number of methoxy groups -OCH3 is 1. The molecule has 1 aromatic carbocycles. The van der Waals surface area contributed by atoms with E-state index in [1.807, 2.05) is 18.2 Å².